The van der Waals surface area contributed by atoms with Crippen LogP contribution in [0.25, 0.3) is 0 Å². The van der Waals surface area contributed by atoms with Crippen molar-refractivity contribution < 1.29 is 17.0 Å². The van der Waals surface area contributed by atoms with Crippen LogP contribution in [0.3, 0.4) is 0 Å². The molecule has 0 heterocycles. The largest absolute Gasteiger partial charge is 0.386 e. The van der Waals surface area contributed by atoms with Crippen LogP contribution < -0.4 is 16.6 Å². The Balaban J connectivity index is 2.97. The number of hydrogen-bond donors (Lipinski definition) is 2. The van der Waals surface area contributed by atoms with Crippen LogP contribution in [0.4, 0.5) is 9.57 Å². The number of ether oxygens (including phenoxy) is 1. The van der Waals surface area contributed by atoms with Gasteiger partial charge in [0.05, 0.1) is 18.5 Å². The van der Waals surface area contributed by atoms with Gasteiger partial charge in [0.15, 0.2) is 5.03 Å². The molecule has 0 radical (unpaired) electrons. The molecular weight excluding hydrogens is 261 g/mol. The van der Waals surface area contributed by atoms with E-state index in [-0.39, 0.29) is 0 Å². The van der Waals surface area contributed by atoms with Crippen molar-refractivity contribution in [2.45, 2.75) is 6.61 Å². The van der Waals surface area contributed by atoms with Crippen molar-refractivity contribution in [1.29, 1.82) is 0 Å². The summed E-state index contributed by atoms with van der Waals surface area (Å²) in [4.78, 5) is 0. The maximum atomic E-state index is 12.5. The molecule has 0 aromatic heterocycles. The first-order chi connectivity index (χ1) is 8.34. The summed E-state index contributed by atoms with van der Waals surface area (Å²) >= 11 is 0. The molecule has 0 bridgehead atoms. The number of hydrazine groups is 1. The summed E-state index contributed by atoms with van der Waals surface area (Å²) < 4.78 is 38.5. The van der Waals surface area contributed by atoms with Gasteiger partial charge in [0.2, 0.25) is 0 Å². The first kappa shape index (κ1) is 14.4. The van der Waals surface area contributed by atoms with E-state index < -0.39 is 15.3 Å². The Kier molecular flexibility index (Phi) is 4.65. The van der Waals surface area contributed by atoms with E-state index in [1.807, 2.05) is 0 Å². The summed E-state index contributed by atoms with van der Waals surface area (Å²) in [5, 5.41) is -0.0341. The normalized spacial score (nSPS) is 12.5. The lowest BCUT2D eigenvalue weighted by Gasteiger charge is -2.15. The van der Waals surface area contributed by atoms with Gasteiger partial charge in [-0.25, -0.2) is 5.84 Å². The Morgan fingerprint density at radius 3 is 2.78 bits per heavy atom. The maximum Gasteiger partial charge on any atom is 0.348 e. The second-order valence-corrected chi connectivity index (χ2v) is 4.83. The number of anilines is 1. The molecule has 18 heavy (non-hydrogen) atoms. The van der Waals surface area contributed by atoms with E-state index in [0.29, 0.717) is 12.3 Å². The molecule has 8 heteroatoms. The number of hydrogen-bond acceptors (Lipinski definition) is 6. The zero-order chi connectivity index (χ0) is 13.8. The Morgan fingerprint density at radius 1 is 1.56 bits per heavy atom. The summed E-state index contributed by atoms with van der Waals surface area (Å²) in [6, 6.07) is 6.79. The standard InChI is InChI=1S/C10H14FN3O3S/c1-17-7-8-3-2-4-9(5-8)14(13)6-10(12)18(11,15)16/h2-6H,7,12-13H2,1H3/b10-6+. The third-order valence-corrected chi connectivity index (χ3v) is 2.74. The number of benzene rings is 1. The second-order valence-electron chi connectivity index (χ2n) is 3.48. The molecule has 0 amide bonds. The van der Waals surface area contributed by atoms with Crippen LogP contribution >= 0.6 is 0 Å². The van der Waals surface area contributed by atoms with Crippen LogP contribution in [0.15, 0.2) is 35.5 Å². The van der Waals surface area contributed by atoms with E-state index in [1.54, 1.807) is 31.4 Å². The molecule has 4 N–H and O–H groups in total. The van der Waals surface area contributed by atoms with Crippen molar-refractivity contribution in [3.8, 4) is 0 Å². The monoisotopic (exact) mass is 275 g/mol. The summed E-state index contributed by atoms with van der Waals surface area (Å²) in [6.07, 6.45) is 0.793. The zero-order valence-electron chi connectivity index (χ0n) is 9.71. The van der Waals surface area contributed by atoms with Gasteiger partial charge in [0, 0.05) is 7.11 Å². The predicted octanol–water partition coefficient (Wildman–Crippen LogP) is 0.570. The Labute approximate surface area is 105 Å². The van der Waals surface area contributed by atoms with Crippen LogP contribution in [0.2, 0.25) is 0 Å². The topological polar surface area (TPSA) is 98.7 Å². The fourth-order valence-electron chi connectivity index (χ4n) is 1.25. The summed E-state index contributed by atoms with van der Waals surface area (Å²) in [5.74, 6) is 5.56. The molecule has 1 aromatic carbocycles. The van der Waals surface area contributed by atoms with Crippen LogP contribution in [-0.4, -0.2) is 15.5 Å². The van der Waals surface area contributed by atoms with Crippen molar-refractivity contribution in [3.05, 3.63) is 41.1 Å². The van der Waals surface area contributed by atoms with Crippen molar-refractivity contribution in [1.82, 2.24) is 0 Å². The van der Waals surface area contributed by atoms with Gasteiger partial charge in [-0.15, -0.1) is 0 Å². The van der Waals surface area contributed by atoms with E-state index in [1.165, 1.54) is 0 Å². The molecule has 0 aliphatic rings. The fraction of sp³-hybridized carbons (Fsp3) is 0.200. The van der Waals surface area contributed by atoms with Crippen molar-refractivity contribution in [3.63, 3.8) is 0 Å². The SMILES string of the molecule is COCc1cccc(N(N)/C=C(\N)S(=O)(=O)F)c1. The first-order valence-corrected chi connectivity index (χ1v) is 6.26. The molecule has 0 atom stereocenters. The van der Waals surface area contributed by atoms with Gasteiger partial charge >= 0.3 is 10.2 Å². The Morgan fingerprint density at radius 2 is 2.22 bits per heavy atom. The average molecular weight is 275 g/mol. The minimum absolute atomic E-state index is 0.377. The summed E-state index contributed by atoms with van der Waals surface area (Å²) in [5.41, 5.74) is 6.33. The number of nitrogens with two attached hydrogens (primary N) is 2. The van der Waals surface area contributed by atoms with Gasteiger partial charge in [-0.05, 0) is 17.7 Å². The molecule has 0 fully saturated rings. The van der Waals surface area contributed by atoms with Gasteiger partial charge < -0.3 is 10.5 Å². The van der Waals surface area contributed by atoms with Crippen LogP contribution in [0.5, 0.6) is 0 Å². The van der Waals surface area contributed by atoms with E-state index in [2.05, 4.69) is 0 Å². The lowest BCUT2D eigenvalue weighted by atomic mass is 10.2. The van der Waals surface area contributed by atoms with Gasteiger partial charge in [-0.3, -0.25) is 5.01 Å². The van der Waals surface area contributed by atoms with Gasteiger partial charge in [-0.1, -0.05) is 16.0 Å². The minimum atomic E-state index is -4.93. The molecule has 0 saturated carbocycles. The van der Waals surface area contributed by atoms with Crippen molar-refractivity contribution in [2.24, 2.45) is 11.6 Å². The molecule has 0 unspecified atom stereocenters. The predicted molar refractivity (Wildman–Crippen MR) is 66.1 cm³/mol. The number of halogens is 1. The highest BCUT2D eigenvalue weighted by molar-refractivity contribution is 7.90. The first-order valence-electron chi connectivity index (χ1n) is 4.88. The molecule has 1 aromatic rings. The molecule has 0 aliphatic heterocycles. The zero-order valence-corrected chi connectivity index (χ0v) is 10.5. The lowest BCUT2D eigenvalue weighted by molar-refractivity contribution is 0.185. The summed E-state index contributed by atoms with van der Waals surface area (Å²) in [6.45, 7) is 0.377. The molecular formula is C10H14FN3O3S. The molecule has 100 valence electrons. The molecule has 0 saturated heterocycles. The second kappa shape index (κ2) is 5.80. The van der Waals surface area contributed by atoms with Crippen molar-refractivity contribution >= 4 is 15.9 Å². The summed E-state index contributed by atoms with van der Waals surface area (Å²) in [7, 11) is -3.39. The molecule has 1 rings (SSSR count). The fourth-order valence-corrected chi connectivity index (χ4v) is 1.49. The quantitative estimate of drug-likeness (QED) is 0.463. The minimum Gasteiger partial charge on any atom is -0.386 e. The van der Waals surface area contributed by atoms with Gasteiger partial charge in [0.1, 0.15) is 0 Å². The number of nitrogens with zero attached hydrogens (tertiary/aromatic N) is 1. The highest BCUT2D eigenvalue weighted by Crippen LogP contribution is 2.15. The third-order valence-electron chi connectivity index (χ3n) is 2.07. The molecule has 6 nitrogen and oxygen atoms in total. The van der Waals surface area contributed by atoms with Crippen LogP contribution in [0, 0.1) is 0 Å². The highest BCUT2D eigenvalue weighted by Gasteiger charge is 2.13. The maximum absolute atomic E-state index is 12.5. The number of methoxy groups -OCH3 is 1. The molecule has 0 spiro atoms. The molecule has 0 aliphatic carbocycles. The van der Waals surface area contributed by atoms with E-state index >= 15 is 0 Å². The van der Waals surface area contributed by atoms with E-state index in [0.717, 1.165) is 16.8 Å². The van der Waals surface area contributed by atoms with Gasteiger partial charge in [-0.2, -0.15) is 8.42 Å². The Bertz CT molecular complexity index is 545. The van der Waals surface area contributed by atoms with E-state index in [4.69, 9.17) is 16.3 Å². The Hall–Kier alpha value is -1.64. The van der Waals surface area contributed by atoms with Crippen LogP contribution in [0.1, 0.15) is 5.56 Å². The van der Waals surface area contributed by atoms with Gasteiger partial charge in [0.25, 0.3) is 0 Å². The van der Waals surface area contributed by atoms with Crippen LogP contribution in [-0.2, 0) is 21.6 Å². The highest BCUT2D eigenvalue weighted by atomic mass is 32.3. The third kappa shape index (κ3) is 3.99. The number of rotatable bonds is 5. The van der Waals surface area contributed by atoms with Crippen molar-refractivity contribution in [2.75, 3.05) is 12.1 Å². The smallest absolute Gasteiger partial charge is 0.348 e. The average Bonchev–Trinajstić information content (AvgIpc) is 2.28. The van der Waals surface area contributed by atoms with E-state index in [9.17, 15) is 12.3 Å². The lowest BCUT2D eigenvalue weighted by Crippen LogP contribution is -2.27.